The monoisotopic (exact) mass is 260 g/mol. The maximum absolute atomic E-state index is 13.2. The molecule has 19 heavy (non-hydrogen) atoms. The van der Waals surface area contributed by atoms with Crippen molar-refractivity contribution in [1.29, 1.82) is 0 Å². The van der Waals surface area contributed by atoms with Crippen LogP contribution in [0.4, 0.5) is 4.39 Å². The molecule has 1 atom stereocenters. The molecule has 0 saturated heterocycles. The number of ether oxygens (including phenoxy) is 1. The standard InChI is InChI=1S/C15H17FN2O/c1-10-4-3-7-18-14(10)9-19-15-6-5-12(16)8-13(15)11(2)17/h3-8,11H,9,17H2,1-2H3. The number of aryl methyl sites for hydroxylation is 1. The van der Waals surface area contributed by atoms with Crippen LogP contribution in [0.1, 0.15) is 29.8 Å². The van der Waals surface area contributed by atoms with Gasteiger partial charge in [0.1, 0.15) is 18.2 Å². The molecule has 0 aliphatic heterocycles. The summed E-state index contributed by atoms with van der Waals surface area (Å²) in [6.45, 7) is 4.12. The summed E-state index contributed by atoms with van der Waals surface area (Å²) in [5, 5.41) is 0. The van der Waals surface area contributed by atoms with Crippen LogP contribution in [0.3, 0.4) is 0 Å². The van der Waals surface area contributed by atoms with Crippen LogP contribution in [0.15, 0.2) is 36.5 Å². The fraction of sp³-hybridized carbons (Fsp3) is 0.267. The van der Waals surface area contributed by atoms with Gasteiger partial charge in [0.15, 0.2) is 0 Å². The van der Waals surface area contributed by atoms with E-state index in [1.807, 2.05) is 19.1 Å². The summed E-state index contributed by atoms with van der Waals surface area (Å²) in [6, 6.07) is 7.95. The van der Waals surface area contributed by atoms with Gasteiger partial charge in [-0.25, -0.2) is 4.39 Å². The Bertz CT molecular complexity index is 570. The normalized spacial score (nSPS) is 12.2. The number of rotatable bonds is 4. The van der Waals surface area contributed by atoms with Crippen molar-refractivity contribution in [2.45, 2.75) is 26.5 Å². The number of pyridine rings is 1. The van der Waals surface area contributed by atoms with E-state index in [0.29, 0.717) is 17.9 Å². The molecule has 0 saturated carbocycles. The number of benzene rings is 1. The van der Waals surface area contributed by atoms with E-state index < -0.39 is 0 Å². The van der Waals surface area contributed by atoms with Crippen molar-refractivity contribution in [3.63, 3.8) is 0 Å². The maximum atomic E-state index is 13.2. The van der Waals surface area contributed by atoms with Gasteiger partial charge in [-0.3, -0.25) is 4.98 Å². The van der Waals surface area contributed by atoms with Gasteiger partial charge in [-0.15, -0.1) is 0 Å². The second-order valence-corrected chi connectivity index (χ2v) is 4.53. The zero-order chi connectivity index (χ0) is 13.8. The largest absolute Gasteiger partial charge is 0.487 e. The van der Waals surface area contributed by atoms with Crippen molar-refractivity contribution in [1.82, 2.24) is 4.98 Å². The summed E-state index contributed by atoms with van der Waals surface area (Å²) in [7, 11) is 0. The van der Waals surface area contributed by atoms with Crippen molar-refractivity contribution in [2.24, 2.45) is 5.73 Å². The van der Waals surface area contributed by atoms with E-state index in [1.54, 1.807) is 19.2 Å². The molecular formula is C15H17FN2O. The number of aromatic nitrogens is 1. The third-order valence-electron chi connectivity index (χ3n) is 2.94. The Morgan fingerprint density at radius 1 is 1.37 bits per heavy atom. The first kappa shape index (κ1) is 13.5. The topological polar surface area (TPSA) is 48.1 Å². The predicted molar refractivity (Wildman–Crippen MR) is 72.3 cm³/mol. The molecule has 4 heteroatoms. The van der Waals surface area contributed by atoms with Crippen molar-refractivity contribution in [3.8, 4) is 5.75 Å². The van der Waals surface area contributed by atoms with Crippen molar-refractivity contribution < 1.29 is 9.13 Å². The molecule has 0 fully saturated rings. The molecule has 3 nitrogen and oxygen atoms in total. The Morgan fingerprint density at radius 2 is 2.16 bits per heavy atom. The summed E-state index contributed by atoms with van der Waals surface area (Å²) in [6.07, 6.45) is 1.73. The van der Waals surface area contributed by atoms with E-state index in [4.69, 9.17) is 10.5 Å². The molecular weight excluding hydrogens is 243 g/mol. The quantitative estimate of drug-likeness (QED) is 0.918. The number of hydrogen-bond donors (Lipinski definition) is 1. The number of nitrogens with zero attached hydrogens (tertiary/aromatic N) is 1. The Hall–Kier alpha value is -1.94. The highest BCUT2D eigenvalue weighted by Gasteiger charge is 2.10. The highest BCUT2D eigenvalue weighted by molar-refractivity contribution is 5.36. The smallest absolute Gasteiger partial charge is 0.130 e. The van der Waals surface area contributed by atoms with Gasteiger partial charge in [0.2, 0.25) is 0 Å². The lowest BCUT2D eigenvalue weighted by Gasteiger charge is -2.14. The minimum absolute atomic E-state index is 0.282. The van der Waals surface area contributed by atoms with Crippen LogP contribution in [-0.4, -0.2) is 4.98 Å². The SMILES string of the molecule is Cc1cccnc1COc1ccc(F)cc1C(C)N. The van der Waals surface area contributed by atoms with Crippen molar-refractivity contribution in [2.75, 3.05) is 0 Å². The molecule has 1 unspecified atom stereocenters. The molecule has 2 N–H and O–H groups in total. The number of nitrogens with two attached hydrogens (primary N) is 1. The molecule has 0 aliphatic rings. The predicted octanol–water partition coefficient (Wildman–Crippen LogP) is 3.13. The van der Waals surface area contributed by atoms with Crippen molar-refractivity contribution >= 4 is 0 Å². The van der Waals surface area contributed by atoms with Gasteiger partial charge in [0.05, 0.1) is 5.69 Å². The van der Waals surface area contributed by atoms with Crippen LogP contribution < -0.4 is 10.5 Å². The molecule has 2 rings (SSSR count). The van der Waals surface area contributed by atoms with Crippen LogP contribution in [0.2, 0.25) is 0 Å². The summed E-state index contributed by atoms with van der Waals surface area (Å²) in [5.41, 5.74) is 8.41. The van der Waals surface area contributed by atoms with E-state index in [0.717, 1.165) is 11.3 Å². The minimum atomic E-state index is -0.311. The lowest BCUT2D eigenvalue weighted by molar-refractivity contribution is 0.295. The highest BCUT2D eigenvalue weighted by Crippen LogP contribution is 2.25. The number of halogens is 1. The van der Waals surface area contributed by atoms with Crippen LogP contribution in [-0.2, 0) is 6.61 Å². The Labute approximate surface area is 112 Å². The Morgan fingerprint density at radius 3 is 2.84 bits per heavy atom. The van der Waals surface area contributed by atoms with Gasteiger partial charge in [-0.05, 0) is 43.7 Å². The lowest BCUT2D eigenvalue weighted by Crippen LogP contribution is -2.09. The molecule has 2 aromatic rings. The second-order valence-electron chi connectivity index (χ2n) is 4.53. The van der Waals surface area contributed by atoms with Gasteiger partial charge in [0, 0.05) is 17.8 Å². The molecule has 0 radical (unpaired) electrons. The summed E-state index contributed by atoms with van der Waals surface area (Å²) in [5.74, 6) is 0.287. The van der Waals surface area contributed by atoms with Gasteiger partial charge in [-0.2, -0.15) is 0 Å². The number of hydrogen-bond acceptors (Lipinski definition) is 3. The van der Waals surface area contributed by atoms with Crippen LogP contribution >= 0.6 is 0 Å². The summed E-state index contributed by atoms with van der Waals surface area (Å²) < 4.78 is 18.9. The van der Waals surface area contributed by atoms with E-state index in [-0.39, 0.29) is 11.9 Å². The summed E-state index contributed by atoms with van der Waals surface area (Å²) in [4.78, 5) is 4.26. The van der Waals surface area contributed by atoms with Gasteiger partial charge >= 0.3 is 0 Å². The first-order chi connectivity index (χ1) is 9.08. The van der Waals surface area contributed by atoms with Crippen LogP contribution in [0, 0.1) is 12.7 Å². The molecule has 1 aromatic carbocycles. The van der Waals surface area contributed by atoms with Crippen LogP contribution in [0.5, 0.6) is 5.75 Å². The molecule has 1 heterocycles. The molecule has 0 aliphatic carbocycles. The first-order valence-corrected chi connectivity index (χ1v) is 6.16. The maximum Gasteiger partial charge on any atom is 0.130 e. The van der Waals surface area contributed by atoms with E-state index in [9.17, 15) is 4.39 Å². The Kier molecular flexibility index (Phi) is 4.12. The third-order valence-corrected chi connectivity index (χ3v) is 2.94. The van der Waals surface area contributed by atoms with Gasteiger partial charge in [0.25, 0.3) is 0 Å². The van der Waals surface area contributed by atoms with E-state index in [1.165, 1.54) is 12.1 Å². The molecule has 0 spiro atoms. The van der Waals surface area contributed by atoms with Crippen molar-refractivity contribution in [3.05, 3.63) is 59.2 Å². The fourth-order valence-electron chi connectivity index (χ4n) is 1.82. The Balaban J connectivity index is 2.18. The second kappa shape index (κ2) is 5.80. The average molecular weight is 260 g/mol. The van der Waals surface area contributed by atoms with E-state index in [2.05, 4.69) is 4.98 Å². The van der Waals surface area contributed by atoms with Gasteiger partial charge < -0.3 is 10.5 Å². The average Bonchev–Trinajstić information content (AvgIpc) is 2.38. The minimum Gasteiger partial charge on any atom is -0.487 e. The zero-order valence-electron chi connectivity index (χ0n) is 11.1. The van der Waals surface area contributed by atoms with E-state index >= 15 is 0 Å². The first-order valence-electron chi connectivity index (χ1n) is 6.16. The fourth-order valence-corrected chi connectivity index (χ4v) is 1.82. The lowest BCUT2D eigenvalue weighted by atomic mass is 10.1. The van der Waals surface area contributed by atoms with Gasteiger partial charge in [-0.1, -0.05) is 6.07 Å². The summed E-state index contributed by atoms with van der Waals surface area (Å²) >= 11 is 0. The zero-order valence-corrected chi connectivity index (χ0v) is 11.1. The molecule has 1 aromatic heterocycles. The van der Waals surface area contributed by atoms with Crippen LogP contribution in [0.25, 0.3) is 0 Å². The molecule has 0 bridgehead atoms. The third kappa shape index (κ3) is 3.29. The highest BCUT2D eigenvalue weighted by atomic mass is 19.1. The molecule has 0 amide bonds. The molecule has 100 valence electrons.